The van der Waals surface area contributed by atoms with Gasteiger partial charge in [0.25, 0.3) is 0 Å². The molecular weight excluding hydrogens is 308 g/mol. The second kappa shape index (κ2) is 4.47. The summed E-state index contributed by atoms with van der Waals surface area (Å²) < 4.78 is -0.802. The first-order valence-corrected chi connectivity index (χ1v) is 8.90. The fourth-order valence-electron chi connectivity index (χ4n) is 5.57. The van der Waals surface area contributed by atoms with Crippen molar-refractivity contribution in [1.29, 1.82) is 0 Å². The highest BCUT2D eigenvalue weighted by atomic mass is 32.1. The van der Waals surface area contributed by atoms with Gasteiger partial charge in [-0.1, -0.05) is 26.0 Å². The smallest absolute Gasteiger partial charge is 0.156 e. The van der Waals surface area contributed by atoms with Crippen molar-refractivity contribution >= 4 is 30.0 Å². The molecular formula is C19H22O3S. The lowest BCUT2D eigenvalue weighted by Crippen LogP contribution is -2.63. The van der Waals surface area contributed by atoms with Crippen molar-refractivity contribution < 1.29 is 14.4 Å². The van der Waals surface area contributed by atoms with E-state index in [4.69, 9.17) is 12.6 Å². The van der Waals surface area contributed by atoms with E-state index in [1.54, 1.807) is 6.08 Å². The predicted molar refractivity (Wildman–Crippen MR) is 90.2 cm³/mol. The molecule has 0 spiro atoms. The largest absolute Gasteiger partial charge is 0.299 e. The van der Waals surface area contributed by atoms with Crippen molar-refractivity contribution in [2.75, 3.05) is 0 Å². The SMILES string of the molecule is CC12CC(=O)C3(S)C(C=CC4=CC(=O)CCC43C)C1CCC2=O. The predicted octanol–water partition coefficient (Wildman–Crippen LogP) is 3.09. The van der Waals surface area contributed by atoms with Crippen LogP contribution in [0.3, 0.4) is 0 Å². The van der Waals surface area contributed by atoms with Crippen molar-refractivity contribution in [3.05, 3.63) is 23.8 Å². The number of rotatable bonds is 0. The number of allylic oxidation sites excluding steroid dienone is 4. The highest BCUT2D eigenvalue weighted by Gasteiger charge is 2.67. The van der Waals surface area contributed by atoms with Gasteiger partial charge in [-0.05, 0) is 30.4 Å². The molecule has 23 heavy (non-hydrogen) atoms. The van der Waals surface area contributed by atoms with Gasteiger partial charge < -0.3 is 0 Å². The molecule has 4 aliphatic rings. The van der Waals surface area contributed by atoms with E-state index in [0.717, 1.165) is 12.0 Å². The van der Waals surface area contributed by atoms with Gasteiger partial charge in [-0.3, -0.25) is 14.4 Å². The minimum atomic E-state index is -0.802. The van der Waals surface area contributed by atoms with Crippen LogP contribution in [0.1, 0.15) is 46.0 Å². The summed E-state index contributed by atoms with van der Waals surface area (Å²) in [6, 6.07) is 0. The van der Waals surface area contributed by atoms with E-state index in [1.807, 2.05) is 13.0 Å². The van der Waals surface area contributed by atoms with Gasteiger partial charge >= 0.3 is 0 Å². The lowest BCUT2D eigenvalue weighted by Gasteiger charge is -2.59. The van der Waals surface area contributed by atoms with E-state index in [-0.39, 0.29) is 29.2 Å². The van der Waals surface area contributed by atoms with Crippen molar-refractivity contribution in [2.45, 2.75) is 50.7 Å². The molecule has 2 fully saturated rings. The maximum atomic E-state index is 13.2. The van der Waals surface area contributed by atoms with Gasteiger partial charge in [-0.15, -0.1) is 0 Å². The monoisotopic (exact) mass is 330 g/mol. The van der Waals surface area contributed by atoms with Crippen LogP contribution in [0.5, 0.6) is 0 Å². The minimum Gasteiger partial charge on any atom is -0.299 e. The van der Waals surface area contributed by atoms with E-state index in [1.165, 1.54) is 0 Å². The van der Waals surface area contributed by atoms with E-state index in [2.05, 4.69) is 13.0 Å². The van der Waals surface area contributed by atoms with E-state index in [9.17, 15) is 14.4 Å². The zero-order valence-corrected chi connectivity index (χ0v) is 14.5. The van der Waals surface area contributed by atoms with Crippen LogP contribution in [0.15, 0.2) is 23.8 Å². The Hall–Kier alpha value is -1.16. The van der Waals surface area contributed by atoms with Gasteiger partial charge in [-0.2, -0.15) is 12.6 Å². The van der Waals surface area contributed by atoms with Crippen LogP contribution in [0.25, 0.3) is 0 Å². The minimum absolute atomic E-state index is 0.0288. The quantitative estimate of drug-likeness (QED) is 0.694. The molecule has 0 aromatic carbocycles. The third kappa shape index (κ3) is 1.66. The maximum Gasteiger partial charge on any atom is 0.156 e. The van der Waals surface area contributed by atoms with Gasteiger partial charge in [0.05, 0.1) is 4.75 Å². The molecule has 122 valence electrons. The summed E-state index contributed by atoms with van der Waals surface area (Å²) in [5.74, 6) is 0.579. The summed E-state index contributed by atoms with van der Waals surface area (Å²) in [6.45, 7) is 4.04. The van der Waals surface area contributed by atoms with Crippen molar-refractivity contribution in [1.82, 2.24) is 0 Å². The summed E-state index contributed by atoms with van der Waals surface area (Å²) in [5.41, 5.74) is -0.0188. The van der Waals surface area contributed by atoms with Crippen LogP contribution < -0.4 is 0 Å². The summed E-state index contributed by atoms with van der Waals surface area (Å²) in [5, 5.41) is 0. The molecule has 5 unspecified atom stereocenters. The molecule has 4 aliphatic carbocycles. The Balaban J connectivity index is 1.90. The number of hydrogen-bond acceptors (Lipinski definition) is 4. The van der Waals surface area contributed by atoms with Crippen LogP contribution in [0.2, 0.25) is 0 Å². The average Bonchev–Trinajstić information content (AvgIpc) is 2.77. The lowest BCUT2D eigenvalue weighted by molar-refractivity contribution is -0.142. The Morgan fingerprint density at radius 3 is 2.61 bits per heavy atom. The molecule has 0 aromatic heterocycles. The Morgan fingerprint density at radius 1 is 1.13 bits per heavy atom. The van der Waals surface area contributed by atoms with Gasteiger partial charge in [0.2, 0.25) is 0 Å². The van der Waals surface area contributed by atoms with Gasteiger partial charge in [-0.25, -0.2) is 0 Å². The van der Waals surface area contributed by atoms with Crippen molar-refractivity contribution in [3.63, 3.8) is 0 Å². The molecule has 0 bridgehead atoms. The van der Waals surface area contributed by atoms with Gasteiger partial charge in [0.15, 0.2) is 11.6 Å². The number of Topliss-reactive ketones (excluding diaryl/α,β-unsaturated/α-hetero) is 2. The highest BCUT2D eigenvalue weighted by molar-refractivity contribution is 7.82. The van der Waals surface area contributed by atoms with E-state index < -0.39 is 15.6 Å². The first-order valence-electron chi connectivity index (χ1n) is 8.46. The fourth-order valence-corrected chi connectivity index (χ4v) is 6.16. The van der Waals surface area contributed by atoms with Crippen LogP contribution in [0.4, 0.5) is 0 Å². The zero-order valence-electron chi connectivity index (χ0n) is 13.6. The van der Waals surface area contributed by atoms with Crippen LogP contribution >= 0.6 is 12.6 Å². The average molecular weight is 330 g/mol. The van der Waals surface area contributed by atoms with Crippen LogP contribution in [-0.2, 0) is 14.4 Å². The number of carbonyl (C=O) groups excluding carboxylic acids is 3. The zero-order chi connectivity index (χ0) is 16.6. The summed E-state index contributed by atoms with van der Waals surface area (Å²) >= 11 is 4.99. The van der Waals surface area contributed by atoms with Crippen LogP contribution in [-0.4, -0.2) is 22.1 Å². The summed E-state index contributed by atoms with van der Waals surface area (Å²) in [4.78, 5) is 37.4. The fraction of sp³-hybridized carbons (Fsp3) is 0.632. The molecule has 0 amide bonds. The Labute approximate surface area is 142 Å². The maximum absolute atomic E-state index is 13.2. The highest BCUT2D eigenvalue weighted by Crippen LogP contribution is 2.65. The number of fused-ring (bicyclic) bond motifs is 5. The molecule has 0 aromatic rings. The molecule has 4 heteroatoms. The Kier molecular flexibility index (Phi) is 2.99. The second-order valence-electron chi connectivity index (χ2n) is 8.14. The molecule has 3 nitrogen and oxygen atoms in total. The van der Waals surface area contributed by atoms with Crippen molar-refractivity contribution in [3.8, 4) is 0 Å². The van der Waals surface area contributed by atoms with E-state index >= 15 is 0 Å². The van der Waals surface area contributed by atoms with Crippen LogP contribution in [0, 0.1) is 22.7 Å². The summed E-state index contributed by atoms with van der Waals surface area (Å²) in [6.07, 6.45) is 8.59. The molecule has 5 atom stereocenters. The molecule has 0 saturated heterocycles. The topological polar surface area (TPSA) is 51.2 Å². The molecule has 0 N–H and O–H groups in total. The van der Waals surface area contributed by atoms with Gasteiger partial charge in [0.1, 0.15) is 5.78 Å². The third-order valence-electron chi connectivity index (χ3n) is 7.16. The van der Waals surface area contributed by atoms with Gasteiger partial charge in [0, 0.05) is 36.0 Å². The number of ketones is 3. The first-order chi connectivity index (χ1) is 10.7. The summed E-state index contributed by atoms with van der Waals surface area (Å²) in [7, 11) is 0. The molecule has 0 radical (unpaired) electrons. The molecule has 2 saturated carbocycles. The normalized spacial score (nSPS) is 48.7. The third-order valence-corrected chi connectivity index (χ3v) is 8.20. The Bertz CT molecular complexity index is 705. The lowest BCUT2D eigenvalue weighted by atomic mass is 9.48. The number of thiol groups is 1. The molecule has 0 aliphatic heterocycles. The number of hydrogen-bond donors (Lipinski definition) is 1. The first kappa shape index (κ1) is 15.4. The second-order valence-corrected chi connectivity index (χ2v) is 8.84. The van der Waals surface area contributed by atoms with Crippen molar-refractivity contribution in [2.24, 2.45) is 22.7 Å². The number of carbonyl (C=O) groups is 3. The van der Waals surface area contributed by atoms with E-state index in [0.29, 0.717) is 25.7 Å². The molecule has 0 heterocycles. The molecule has 4 rings (SSSR count). The standard InChI is InChI=1S/C19H22O3S/c1-17-10-16(22)19(23)14(13(17)5-6-15(17)21)4-3-11-9-12(20)7-8-18(11,19)2/h3-4,9,13-14,23H,5-8,10H2,1-2H3. The Morgan fingerprint density at radius 2 is 1.87 bits per heavy atom.